The van der Waals surface area contributed by atoms with Gasteiger partial charge in [0.15, 0.2) is 0 Å². The lowest BCUT2D eigenvalue weighted by Crippen LogP contribution is -2.13. The van der Waals surface area contributed by atoms with E-state index in [9.17, 15) is 0 Å². The van der Waals surface area contributed by atoms with E-state index in [0.29, 0.717) is 0 Å². The fraction of sp³-hybridized carbons (Fsp3) is 0.438. The normalized spacial score (nSPS) is 10.9. The van der Waals surface area contributed by atoms with Gasteiger partial charge >= 0.3 is 0 Å². The van der Waals surface area contributed by atoms with E-state index in [1.165, 1.54) is 27.9 Å². The van der Waals surface area contributed by atoms with Crippen LogP contribution in [0.5, 0.6) is 0 Å². The number of nitrogens with zero attached hydrogens (tertiary/aromatic N) is 2. The molecule has 2 rings (SSSR count). The molecule has 2 aromatic rings. The molecule has 0 amide bonds. The lowest BCUT2D eigenvalue weighted by atomic mass is 10.1. The van der Waals surface area contributed by atoms with Gasteiger partial charge in [-0.2, -0.15) is 5.10 Å². The van der Waals surface area contributed by atoms with Crippen LogP contribution in [-0.2, 0) is 13.1 Å². The standard InChI is InChI=1S/C16H23N3/c1-5-17-9-16-10-18-19(14(16)4)11-15-8-12(2)6-7-13(15)3/h6-8,10,17H,5,9,11H2,1-4H3. The summed E-state index contributed by atoms with van der Waals surface area (Å²) in [5.41, 5.74) is 6.52. The molecular formula is C16H23N3. The quantitative estimate of drug-likeness (QED) is 0.892. The molecule has 0 aliphatic rings. The van der Waals surface area contributed by atoms with Crippen LogP contribution in [0.3, 0.4) is 0 Å². The number of aromatic nitrogens is 2. The van der Waals surface area contributed by atoms with Gasteiger partial charge in [-0.05, 0) is 38.4 Å². The van der Waals surface area contributed by atoms with Gasteiger partial charge in [-0.25, -0.2) is 0 Å². The van der Waals surface area contributed by atoms with Crippen molar-refractivity contribution in [3.63, 3.8) is 0 Å². The summed E-state index contributed by atoms with van der Waals surface area (Å²) < 4.78 is 2.09. The van der Waals surface area contributed by atoms with Gasteiger partial charge < -0.3 is 5.32 Å². The zero-order valence-electron chi connectivity index (χ0n) is 12.3. The van der Waals surface area contributed by atoms with E-state index in [-0.39, 0.29) is 0 Å². The number of hydrogen-bond donors (Lipinski definition) is 1. The Bertz CT molecular complexity index is 555. The predicted octanol–water partition coefficient (Wildman–Crippen LogP) is 2.97. The van der Waals surface area contributed by atoms with Gasteiger partial charge in [0, 0.05) is 17.8 Å². The van der Waals surface area contributed by atoms with Crippen molar-refractivity contribution in [3.8, 4) is 0 Å². The minimum absolute atomic E-state index is 0.853. The number of nitrogens with one attached hydrogen (secondary N) is 1. The van der Waals surface area contributed by atoms with E-state index in [1.54, 1.807) is 0 Å². The van der Waals surface area contributed by atoms with Gasteiger partial charge in [-0.15, -0.1) is 0 Å². The van der Waals surface area contributed by atoms with Crippen LogP contribution in [0, 0.1) is 20.8 Å². The maximum Gasteiger partial charge on any atom is 0.0665 e. The van der Waals surface area contributed by atoms with Crippen LogP contribution >= 0.6 is 0 Å². The molecule has 0 aliphatic heterocycles. The summed E-state index contributed by atoms with van der Waals surface area (Å²) >= 11 is 0. The van der Waals surface area contributed by atoms with E-state index < -0.39 is 0 Å². The summed E-state index contributed by atoms with van der Waals surface area (Å²) in [5, 5.41) is 7.86. The van der Waals surface area contributed by atoms with Crippen LogP contribution in [0.25, 0.3) is 0 Å². The van der Waals surface area contributed by atoms with E-state index in [4.69, 9.17) is 0 Å². The third-order valence-electron chi connectivity index (χ3n) is 3.60. The molecule has 0 bridgehead atoms. The zero-order chi connectivity index (χ0) is 13.8. The molecule has 0 spiro atoms. The van der Waals surface area contributed by atoms with Gasteiger partial charge in [-0.3, -0.25) is 4.68 Å². The average molecular weight is 257 g/mol. The summed E-state index contributed by atoms with van der Waals surface area (Å²) in [6.07, 6.45) is 1.98. The Kier molecular flexibility index (Phi) is 4.38. The first-order valence-corrected chi connectivity index (χ1v) is 6.90. The van der Waals surface area contributed by atoms with Crippen molar-refractivity contribution in [1.82, 2.24) is 15.1 Å². The Morgan fingerprint density at radius 3 is 2.68 bits per heavy atom. The Balaban J connectivity index is 2.19. The summed E-state index contributed by atoms with van der Waals surface area (Å²) in [4.78, 5) is 0. The molecule has 1 heterocycles. The monoisotopic (exact) mass is 257 g/mol. The second-order valence-electron chi connectivity index (χ2n) is 5.12. The van der Waals surface area contributed by atoms with Crippen molar-refractivity contribution in [1.29, 1.82) is 0 Å². The minimum atomic E-state index is 0.853. The zero-order valence-corrected chi connectivity index (χ0v) is 12.3. The molecule has 1 aromatic carbocycles. The third kappa shape index (κ3) is 3.24. The molecule has 102 valence electrons. The summed E-state index contributed by atoms with van der Waals surface area (Å²) in [7, 11) is 0. The van der Waals surface area contributed by atoms with Crippen LogP contribution in [0.2, 0.25) is 0 Å². The molecule has 0 atom stereocenters. The van der Waals surface area contributed by atoms with E-state index in [2.05, 4.69) is 61.0 Å². The fourth-order valence-corrected chi connectivity index (χ4v) is 2.21. The summed E-state index contributed by atoms with van der Waals surface area (Å²) in [6, 6.07) is 6.59. The SMILES string of the molecule is CCNCc1cnn(Cc2cc(C)ccc2C)c1C. The van der Waals surface area contributed by atoms with Crippen molar-refractivity contribution in [2.75, 3.05) is 6.54 Å². The highest BCUT2D eigenvalue weighted by molar-refractivity contribution is 5.31. The lowest BCUT2D eigenvalue weighted by molar-refractivity contribution is 0.656. The molecule has 0 radical (unpaired) electrons. The Hall–Kier alpha value is -1.61. The topological polar surface area (TPSA) is 29.9 Å². The molecule has 0 aliphatic carbocycles. The van der Waals surface area contributed by atoms with Crippen LogP contribution in [0.1, 0.15) is 34.9 Å². The number of benzene rings is 1. The highest BCUT2D eigenvalue weighted by Gasteiger charge is 2.07. The fourth-order valence-electron chi connectivity index (χ4n) is 2.21. The van der Waals surface area contributed by atoms with E-state index in [0.717, 1.165) is 19.6 Å². The highest BCUT2D eigenvalue weighted by Crippen LogP contribution is 2.14. The van der Waals surface area contributed by atoms with Gasteiger partial charge in [-0.1, -0.05) is 30.7 Å². The van der Waals surface area contributed by atoms with Gasteiger partial charge in [0.1, 0.15) is 0 Å². The van der Waals surface area contributed by atoms with Gasteiger partial charge in [0.2, 0.25) is 0 Å². The Morgan fingerprint density at radius 1 is 1.16 bits per heavy atom. The van der Waals surface area contributed by atoms with Gasteiger partial charge in [0.05, 0.1) is 12.7 Å². The number of rotatable bonds is 5. The number of aryl methyl sites for hydroxylation is 2. The van der Waals surface area contributed by atoms with Crippen molar-refractivity contribution in [2.24, 2.45) is 0 Å². The van der Waals surface area contributed by atoms with Gasteiger partial charge in [0.25, 0.3) is 0 Å². The molecule has 19 heavy (non-hydrogen) atoms. The molecule has 0 fully saturated rings. The molecule has 3 heteroatoms. The molecule has 0 saturated heterocycles. The summed E-state index contributed by atoms with van der Waals surface area (Å²) in [5.74, 6) is 0. The molecule has 1 N–H and O–H groups in total. The van der Waals surface area contributed by atoms with Crippen LogP contribution < -0.4 is 5.32 Å². The van der Waals surface area contributed by atoms with Crippen LogP contribution in [0.4, 0.5) is 0 Å². The highest BCUT2D eigenvalue weighted by atomic mass is 15.3. The minimum Gasteiger partial charge on any atom is -0.313 e. The first-order chi connectivity index (χ1) is 9.11. The average Bonchev–Trinajstić information content (AvgIpc) is 2.73. The second-order valence-corrected chi connectivity index (χ2v) is 5.12. The molecule has 3 nitrogen and oxygen atoms in total. The van der Waals surface area contributed by atoms with Crippen molar-refractivity contribution < 1.29 is 0 Å². The largest absolute Gasteiger partial charge is 0.313 e. The maximum absolute atomic E-state index is 4.51. The van der Waals surface area contributed by atoms with Crippen molar-refractivity contribution >= 4 is 0 Å². The van der Waals surface area contributed by atoms with Crippen LogP contribution in [-0.4, -0.2) is 16.3 Å². The number of hydrogen-bond acceptors (Lipinski definition) is 2. The van der Waals surface area contributed by atoms with E-state index in [1.807, 2.05) is 6.20 Å². The Morgan fingerprint density at radius 2 is 1.95 bits per heavy atom. The lowest BCUT2D eigenvalue weighted by Gasteiger charge is -2.10. The Labute approximate surface area is 115 Å². The first kappa shape index (κ1) is 13.8. The van der Waals surface area contributed by atoms with Crippen LogP contribution in [0.15, 0.2) is 24.4 Å². The molecule has 0 unspecified atom stereocenters. The second kappa shape index (κ2) is 6.02. The van der Waals surface area contributed by atoms with Crippen molar-refractivity contribution in [2.45, 2.75) is 40.8 Å². The summed E-state index contributed by atoms with van der Waals surface area (Å²) in [6.45, 7) is 11.3. The molecule has 0 saturated carbocycles. The van der Waals surface area contributed by atoms with Crippen molar-refractivity contribution in [3.05, 3.63) is 52.3 Å². The third-order valence-corrected chi connectivity index (χ3v) is 3.60. The molecule has 1 aromatic heterocycles. The smallest absolute Gasteiger partial charge is 0.0665 e. The van der Waals surface area contributed by atoms with E-state index >= 15 is 0 Å². The maximum atomic E-state index is 4.51. The molecular weight excluding hydrogens is 234 g/mol. The first-order valence-electron chi connectivity index (χ1n) is 6.90. The predicted molar refractivity (Wildman–Crippen MR) is 79.4 cm³/mol.